The lowest BCUT2D eigenvalue weighted by Gasteiger charge is -2.37. The SMILES string of the molecule is COc1cc2c(c(OC)c1)C(c1cccc(OC(F)(F)F)c1)N(S(=O)(=O)c1c(Cl)nc3sccn13)CC2. The first-order valence-corrected chi connectivity index (χ1v) is 13.5. The lowest BCUT2D eigenvalue weighted by Crippen LogP contribution is -2.41. The number of benzene rings is 2. The first-order valence-electron chi connectivity index (χ1n) is 10.8. The highest BCUT2D eigenvalue weighted by Gasteiger charge is 2.42. The zero-order valence-corrected chi connectivity index (χ0v) is 21.7. The summed E-state index contributed by atoms with van der Waals surface area (Å²) in [6.07, 6.45) is -3.09. The fraction of sp³-hybridized carbons (Fsp3) is 0.261. The van der Waals surface area contributed by atoms with E-state index in [0.29, 0.717) is 28.4 Å². The monoisotopic (exact) mass is 573 g/mol. The van der Waals surface area contributed by atoms with Crippen molar-refractivity contribution in [2.45, 2.75) is 23.9 Å². The molecule has 0 fully saturated rings. The van der Waals surface area contributed by atoms with E-state index in [2.05, 4.69) is 9.72 Å². The fourth-order valence-corrected chi connectivity index (χ4v) is 7.52. The molecular formula is C23H19ClF3N3O5S2. The molecule has 4 aromatic rings. The molecule has 0 aliphatic carbocycles. The molecular weight excluding hydrogens is 555 g/mol. The Labute approximate surface area is 218 Å². The summed E-state index contributed by atoms with van der Waals surface area (Å²) in [5, 5.41) is 1.25. The molecule has 1 aliphatic rings. The van der Waals surface area contributed by atoms with Gasteiger partial charge in [0.05, 0.1) is 20.3 Å². The van der Waals surface area contributed by atoms with Gasteiger partial charge >= 0.3 is 6.36 Å². The Morgan fingerprint density at radius 3 is 2.62 bits per heavy atom. The van der Waals surface area contributed by atoms with Crippen LogP contribution in [0.5, 0.6) is 17.2 Å². The Morgan fingerprint density at radius 1 is 1.14 bits per heavy atom. The Bertz CT molecular complexity index is 1570. The molecule has 0 bridgehead atoms. The van der Waals surface area contributed by atoms with E-state index in [4.69, 9.17) is 21.1 Å². The van der Waals surface area contributed by atoms with Gasteiger partial charge in [0.2, 0.25) is 0 Å². The predicted octanol–water partition coefficient (Wildman–Crippen LogP) is 5.30. The molecule has 196 valence electrons. The summed E-state index contributed by atoms with van der Waals surface area (Å²) in [7, 11) is -1.40. The summed E-state index contributed by atoms with van der Waals surface area (Å²) in [5.74, 6) is 0.338. The van der Waals surface area contributed by atoms with Gasteiger partial charge in [-0.25, -0.2) is 13.4 Å². The van der Waals surface area contributed by atoms with Crippen molar-refractivity contribution in [1.82, 2.24) is 13.7 Å². The van der Waals surface area contributed by atoms with Crippen LogP contribution in [0.2, 0.25) is 5.15 Å². The maximum atomic E-state index is 14.1. The summed E-state index contributed by atoms with van der Waals surface area (Å²) in [6.45, 7) is 0.00831. The lowest BCUT2D eigenvalue weighted by atomic mass is 9.88. The number of alkyl halides is 3. The van der Waals surface area contributed by atoms with Crippen molar-refractivity contribution >= 4 is 37.9 Å². The second kappa shape index (κ2) is 9.39. The Kier molecular flexibility index (Phi) is 6.51. The smallest absolute Gasteiger partial charge is 0.497 e. The summed E-state index contributed by atoms with van der Waals surface area (Å²) in [6, 6.07) is 7.51. The van der Waals surface area contributed by atoms with Crippen LogP contribution in [0.15, 0.2) is 53.0 Å². The molecule has 14 heteroatoms. The minimum atomic E-state index is -4.92. The number of ether oxygens (including phenoxy) is 3. The number of aromatic nitrogens is 2. The molecule has 1 aliphatic heterocycles. The molecule has 37 heavy (non-hydrogen) atoms. The third-order valence-corrected chi connectivity index (χ3v) is 8.98. The van der Waals surface area contributed by atoms with Crippen LogP contribution in [0.4, 0.5) is 13.2 Å². The van der Waals surface area contributed by atoms with Gasteiger partial charge in [-0.3, -0.25) is 4.40 Å². The Morgan fingerprint density at radius 2 is 1.92 bits per heavy atom. The Balaban J connectivity index is 1.73. The van der Waals surface area contributed by atoms with Gasteiger partial charge < -0.3 is 14.2 Å². The molecule has 8 nitrogen and oxygen atoms in total. The molecule has 2 aromatic heterocycles. The first kappa shape index (κ1) is 25.6. The molecule has 0 saturated carbocycles. The summed E-state index contributed by atoms with van der Waals surface area (Å²) < 4.78 is 84.8. The zero-order chi connectivity index (χ0) is 26.5. The minimum Gasteiger partial charge on any atom is -0.497 e. The summed E-state index contributed by atoms with van der Waals surface area (Å²) in [4.78, 5) is 4.53. The van der Waals surface area contributed by atoms with Gasteiger partial charge in [0.25, 0.3) is 10.0 Å². The number of hydrogen-bond donors (Lipinski definition) is 0. The van der Waals surface area contributed by atoms with E-state index < -0.39 is 28.2 Å². The number of sulfonamides is 1. The third-order valence-electron chi connectivity index (χ3n) is 5.96. The number of hydrogen-bond acceptors (Lipinski definition) is 7. The molecule has 5 rings (SSSR count). The zero-order valence-electron chi connectivity index (χ0n) is 19.3. The van der Waals surface area contributed by atoms with E-state index >= 15 is 0 Å². The molecule has 1 unspecified atom stereocenters. The third kappa shape index (κ3) is 4.60. The number of halogens is 4. The van der Waals surface area contributed by atoms with Crippen LogP contribution in [-0.2, 0) is 16.4 Å². The minimum absolute atomic E-state index is 0.00831. The van der Waals surface area contributed by atoms with Crippen LogP contribution in [0.25, 0.3) is 4.96 Å². The summed E-state index contributed by atoms with van der Waals surface area (Å²) >= 11 is 7.50. The van der Waals surface area contributed by atoms with Gasteiger partial charge in [-0.05, 0) is 35.7 Å². The predicted molar refractivity (Wildman–Crippen MR) is 130 cm³/mol. The van der Waals surface area contributed by atoms with Gasteiger partial charge in [0, 0.05) is 29.8 Å². The number of imidazole rings is 1. The van der Waals surface area contributed by atoms with E-state index in [1.54, 1.807) is 23.7 Å². The second-order valence-electron chi connectivity index (χ2n) is 8.05. The summed E-state index contributed by atoms with van der Waals surface area (Å²) in [5.41, 5.74) is 1.45. The number of nitrogens with zero attached hydrogens (tertiary/aromatic N) is 3. The van der Waals surface area contributed by atoms with Crippen LogP contribution < -0.4 is 14.2 Å². The maximum Gasteiger partial charge on any atom is 0.573 e. The van der Waals surface area contributed by atoms with E-state index in [1.807, 2.05) is 0 Å². The second-order valence-corrected chi connectivity index (χ2v) is 11.1. The topological polar surface area (TPSA) is 82.4 Å². The highest BCUT2D eigenvalue weighted by molar-refractivity contribution is 7.89. The van der Waals surface area contributed by atoms with Crippen LogP contribution in [0.1, 0.15) is 22.7 Å². The average Bonchev–Trinajstić information content (AvgIpc) is 3.41. The molecule has 0 radical (unpaired) electrons. The van der Waals surface area contributed by atoms with Crippen molar-refractivity contribution in [3.8, 4) is 17.2 Å². The van der Waals surface area contributed by atoms with Crippen LogP contribution in [-0.4, -0.2) is 49.2 Å². The Hall–Kier alpha value is -3.00. The number of fused-ring (bicyclic) bond motifs is 2. The molecule has 0 saturated heterocycles. The van der Waals surface area contributed by atoms with Gasteiger partial charge in [-0.2, -0.15) is 4.31 Å². The normalized spacial score (nSPS) is 16.5. The van der Waals surface area contributed by atoms with Crippen LogP contribution >= 0.6 is 22.9 Å². The molecule has 1 atom stereocenters. The van der Waals surface area contributed by atoms with Crippen molar-refractivity contribution in [2.24, 2.45) is 0 Å². The van der Waals surface area contributed by atoms with Crippen molar-refractivity contribution in [2.75, 3.05) is 20.8 Å². The van der Waals surface area contributed by atoms with Crippen LogP contribution in [0, 0.1) is 0 Å². The van der Waals surface area contributed by atoms with Crippen LogP contribution in [0.3, 0.4) is 0 Å². The van der Waals surface area contributed by atoms with Gasteiger partial charge in [-0.1, -0.05) is 23.7 Å². The number of rotatable bonds is 6. The van der Waals surface area contributed by atoms with E-state index in [0.717, 1.165) is 17.7 Å². The largest absolute Gasteiger partial charge is 0.573 e. The van der Waals surface area contributed by atoms with Gasteiger partial charge in [0.15, 0.2) is 15.1 Å². The number of thiazole rings is 1. The van der Waals surface area contributed by atoms with E-state index in [1.165, 1.54) is 46.4 Å². The van der Waals surface area contributed by atoms with Crippen molar-refractivity contribution in [3.05, 3.63) is 69.8 Å². The quantitative estimate of drug-likeness (QED) is 0.311. The van der Waals surface area contributed by atoms with E-state index in [9.17, 15) is 21.6 Å². The lowest BCUT2D eigenvalue weighted by molar-refractivity contribution is -0.274. The first-order chi connectivity index (χ1) is 17.5. The van der Waals surface area contributed by atoms with Gasteiger partial charge in [0.1, 0.15) is 17.2 Å². The molecule has 0 amide bonds. The van der Waals surface area contributed by atoms with Crippen molar-refractivity contribution < 1.29 is 35.8 Å². The molecule has 3 heterocycles. The molecule has 0 N–H and O–H groups in total. The van der Waals surface area contributed by atoms with Crippen molar-refractivity contribution in [1.29, 1.82) is 0 Å². The number of methoxy groups -OCH3 is 2. The highest BCUT2D eigenvalue weighted by Crippen LogP contribution is 2.46. The van der Waals surface area contributed by atoms with Gasteiger partial charge in [-0.15, -0.1) is 24.5 Å². The average molecular weight is 574 g/mol. The van der Waals surface area contributed by atoms with E-state index in [-0.39, 0.29) is 22.3 Å². The standard InChI is InChI=1S/C23H19ClF3N3O5S2/c1-33-16-10-13-6-7-30(37(31,32)21-20(24)28-22-29(21)8-9-36-22)19(18(13)17(12-16)34-2)14-4-3-5-15(11-14)35-23(25,26)27/h3-5,8-12,19H,6-7H2,1-2H3. The maximum absolute atomic E-state index is 14.1. The van der Waals surface area contributed by atoms with Crippen molar-refractivity contribution in [3.63, 3.8) is 0 Å². The molecule has 2 aromatic carbocycles. The fourth-order valence-electron chi connectivity index (χ4n) is 4.52. The highest BCUT2D eigenvalue weighted by atomic mass is 35.5. The molecule has 0 spiro atoms.